The first-order valence-electron chi connectivity index (χ1n) is 9.59. The molecule has 1 aromatic carbocycles. The van der Waals surface area contributed by atoms with Gasteiger partial charge >= 0.3 is 5.57 Å². The lowest BCUT2D eigenvalue weighted by molar-refractivity contribution is -0.0964. The summed E-state index contributed by atoms with van der Waals surface area (Å²) in [6, 6.07) is 8.13. The van der Waals surface area contributed by atoms with Gasteiger partial charge in [-0.3, -0.25) is 9.59 Å². The van der Waals surface area contributed by atoms with Crippen LogP contribution in [0.2, 0.25) is 0 Å². The molecule has 0 aliphatic heterocycles. The molecular weight excluding hydrogens is 460 g/mol. The lowest BCUT2D eigenvalue weighted by Crippen LogP contribution is -2.17. The predicted molar refractivity (Wildman–Crippen MR) is 119 cm³/mol. The van der Waals surface area contributed by atoms with Gasteiger partial charge in [0.15, 0.2) is 0 Å². The minimum absolute atomic E-state index is 0.167. The number of hydrogen-bond acceptors (Lipinski definition) is 7. The van der Waals surface area contributed by atoms with Gasteiger partial charge in [-0.1, -0.05) is 0 Å². The number of rotatable bonds is 9. The number of carbonyl (C=O) groups excluding carboxylic acids is 1. The largest absolute Gasteiger partial charge is 0.487 e. The third kappa shape index (κ3) is 6.70. The minimum atomic E-state index is -3.83. The van der Waals surface area contributed by atoms with E-state index in [9.17, 15) is 18.4 Å². The normalized spacial score (nSPS) is 11.2. The van der Waals surface area contributed by atoms with Crippen molar-refractivity contribution in [2.75, 3.05) is 30.9 Å². The van der Waals surface area contributed by atoms with Crippen LogP contribution >= 0.6 is 11.6 Å². The number of nitrogens with one attached hydrogen (secondary N) is 2. The summed E-state index contributed by atoms with van der Waals surface area (Å²) in [5.41, 5.74) is -2.80. The standard InChI is InChI=1S/C21H20ClF2N5O4/c1-29-12-27-17(10-18(29)30)16-9-13(11-26-19(16)25-7-8-32-2)20(31)28-14-3-5-15(6-4-14)33-21(22,23)24/h3-6,9-12H,7-8H2,1-2H3,(H,25,26)(H,28,31). The molecule has 0 saturated heterocycles. The number of hydrogen-bond donors (Lipinski definition) is 2. The topological polar surface area (TPSA) is 107 Å². The smallest absolute Gasteiger partial charge is 0.420 e. The van der Waals surface area contributed by atoms with Crippen LogP contribution in [0.3, 0.4) is 0 Å². The maximum absolute atomic E-state index is 12.8. The monoisotopic (exact) mass is 479 g/mol. The lowest BCUT2D eigenvalue weighted by atomic mass is 10.1. The number of carbonyl (C=O) groups is 1. The summed E-state index contributed by atoms with van der Waals surface area (Å²) in [5.74, 6) is -0.250. The molecule has 174 valence electrons. The number of alkyl halides is 3. The van der Waals surface area contributed by atoms with Crippen molar-refractivity contribution in [1.82, 2.24) is 14.5 Å². The number of halogens is 3. The van der Waals surface area contributed by atoms with Crippen LogP contribution in [0.1, 0.15) is 10.4 Å². The van der Waals surface area contributed by atoms with Gasteiger partial charge in [0.2, 0.25) is 0 Å². The molecule has 0 saturated carbocycles. The molecule has 0 atom stereocenters. The van der Waals surface area contributed by atoms with Crippen LogP contribution < -0.4 is 20.9 Å². The van der Waals surface area contributed by atoms with Gasteiger partial charge in [-0.15, -0.1) is 8.78 Å². The zero-order valence-electron chi connectivity index (χ0n) is 17.6. The van der Waals surface area contributed by atoms with E-state index in [1.54, 1.807) is 20.2 Å². The van der Waals surface area contributed by atoms with Crippen molar-refractivity contribution in [3.63, 3.8) is 0 Å². The molecule has 2 N–H and O–H groups in total. The van der Waals surface area contributed by atoms with Gasteiger partial charge in [-0.05, 0) is 30.3 Å². The van der Waals surface area contributed by atoms with Crippen LogP contribution in [0, 0.1) is 0 Å². The molecule has 3 rings (SSSR count). The van der Waals surface area contributed by atoms with E-state index in [1.165, 1.54) is 47.4 Å². The number of ether oxygens (including phenoxy) is 2. The number of pyridine rings is 1. The lowest BCUT2D eigenvalue weighted by Gasteiger charge is -2.13. The number of anilines is 2. The summed E-state index contributed by atoms with van der Waals surface area (Å²) in [6.45, 7) is 0.866. The van der Waals surface area contributed by atoms with E-state index in [2.05, 4.69) is 25.3 Å². The molecule has 1 amide bonds. The van der Waals surface area contributed by atoms with E-state index in [0.717, 1.165) is 0 Å². The number of nitrogens with zero attached hydrogens (tertiary/aromatic N) is 3. The van der Waals surface area contributed by atoms with Gasteiger partial charge in [0, 0.05) is 55.8 Å². The van der Waals surface area contributed by atoms with E-state index in [-0.39, 0.29) is 16.9 Å². The molecule has 2 heterocycles. The second kappa shape index (κ2) is 10.4. The Hall–Kier alpha value is -3.57. The van der Waals surface area contributed by atoms with Gasteiger partial charge in [0.1, 0.15) is 11.6 Å². The Balaban J connectivity index is 1.85. The van der Waals surface area contributed by atoms with Gasteiger partial charge in [-0.25, -0.2) is 9.97 Å². The Morgan fingerprint density at radius 2 is 1.94 bits per heavy atom. The van der Waals surface area contributed by atoms with Crippen molar-refractivity contribution >= 4 is 29.0 Å². The summed E-state index contributed by atoms with van der Waals surface area (Å²) < 4.78 is 36.0. The highest BCUT2D eigenvalue weighted by atomic mass is 35.5. The van der Waals surface area contributed by atoms with Crippen LogP contribution in [0.5, 0.6) is 5.75 Å². The van der Waals surface area contributed by atoms with Crippen molar-refractivity contribution in [2.24, 2.45) is 7.05 Å². The number of aromatic nitrogens is 3. The Morgan fingerprint density at radius 1 is 1.21 bits per heavy atom. The second-order valence-corrected chi connectivity index (χ2v) is 7.23. The zero-order valence-corrected chi connectivity index (χ0v) is 18.4. The Morgan fingerprint density at radius 3 is 2.58 bits per heavy atom. The fourth-order valence-electron chi connectivity index (χ4n) is 2.75. The van der Waals surface area contributed by atoms with E-state index >= 15 is 0 Å². The molecule has 0 radical (unpaired) electrons. The molecular formula is C21H20ClF2N5O4. The molecule has 3 aromatic rings. The first-order valence-corrected chi connectivity index (χ1v) is 9.97. The minimum Gasteiger partial charge on any atom is -0.420 e. The molecule has 0 bridgehead atoms. The molecule has 33 heavy (non-hydrogen) atoms. The highest BCUT2D eigenvalue weighted by molar-refractivity contribution is 6.20. The van der Waals surface area contributed by atoms with Crippen LogP contribution in [-0.2, 0) is 11.8 Å². The summed E-state index contributed by atoms with van der Waals surface area (Å²) in [7, 11) is 3.13. The molecule has 0 fully saturated rings. The number of benzene rings is 1. The summed E-state index contributed by atoms with van der Waals surface area (Å²) >= 11 is 4.74. The molecule has 0 spiro atoms. The first kappa shape index (κ1) is 24.1. The van der Waals surface area contributed by atoms with Crippen LogP contribution in [0.15, 0.2) is 53.7 Å². The third-order valence-electron chi connectivity index (χ3n) is 4.35. The van der Waals surface area contributed by atoms with E-state index in [1.807, 2.05) is 0 Å². The van der Waals surface area contributed by atoms with Crippen molar-refractivity contribution in [3.8, 4) is 17.0 Å². The van der Waals surface area contributed by atoms with Gasteiger partial charge in [-0.2, -0.15) is 0 Å². The number of amides is 1. The van der Waals surface area contributed by atoms with Crippen LogP contribution in [0.4, 0.5) is 20.3 Å². The maximum atomic E-state index is 12.8. The Kier molecular flexibility index (Phi) is 7.56. The molecule has 2 aromatic heterocycles. The average Bonchev–Trinajstić information content (AvgIpc) is 2.76. The fraction of sp³-hybridized carbons (Fsp3) is 0.238. The molecule has 9 nitrogen and oxygen atoms in total. The molecule has 0 aliphatic carbocycles. The maximum Gasteiger partial charge on any atom is 0.487 e. The third-order valence-corrected chi connectivity index (χ3v) is 4.43. The summed E-state index contributed by atoms with van der Waals surface area (Å²) in [4.78, 5) is 33.4. The van der Waals surface area contributed by atoms with E-state index < -0.39 is 11.5 Å². The Labute approximate surface area is 192 Å². The average molecular weight is 480 g/mol. The van der Waals surface area contributed by atoms with Crippen molar-refractivity contribution < 1.29 is 23.0 Å². The second-order valence-electron chi connectivity index (χ2n) is 6.79. The van der Waals surface area contributed by atoms with E-state index in [0.29, 0.717) is 35.9 Å². The van der Waals surface area contributed by atoms with Crippen molar-refractivity contribution in [1.29, 1.82) is 0 Å². The van der Waals surface area contributed by atoms with E-state index in [4.69, 9.17) is 16.3 Å². The van der Waals surface area contributed by atoms with Crippen LogP contribution in [-0.4, -0.2) is 46.3 Å². The summed E-state index contributed by atoms with van der Waals surface area (Å²) in [5, 5.41) is 5.72. The van der Waals surface area contributed by atoms with Gasteiger partial charge in [0.05, 0.1) is 24.2 Å². The fourth-order valence-corrected chi connectivity index (χ4v) is 2.84. The van der Waals surface area contributed by atoms with Crippen molar-refractivity contribution in [2.45, 2.75) is 5.57 Å². The SMILES string of the molecule is COCCNc1ncc(C(=O)Nc2ccc(OC(F)(F)Cl)cc2)cc1-c1cc(=O)n(C)cn1. The highest BCUT2D eigenvalue weighted by Gasteiger charge is 2.27. The summed E-state index contributed by atoms with van der Waals surface area (Å²) in [6.07, 6.45) is 2.73. The Bertz CT molecular complexity index is 1180. The number of methoxy groups -OCH3 is 1. The highest BCUT2D eigenvalue weighted by Crippen LogP contribution is 2.27. The first-order chi connectivity index (χ1) is 15.7. The zero-order chi connectivity index (χ0) is 24.0. The quantitative estimate of drug-likeness (QED) is 0.358. The van der Waals surface area contributed by atoms with Crippen LogP contribution in [0.25, 0.3) is 11.3 Å². The molecule has 12 heteroatoms. The van der Waals surface area contributed by atoms with Crippen molar-refractivity contribution in [3.05, 3.63) is 64.8 Å². The predicted octanol–water partition coefficient (Wildman–Crippen LogP) is 3.32. The molecule has 0 aliphatic rings. The molecule has 0 unspecified atom stereocenters. The van der Waals surface area contributed by atoms with Gasteiger partial charge < -0.3 is 24.7 Å². The van der Waals surface area contributed by atoms with Gasteiger partial charge in [0.25, 0.3) is 11.5 Å². The number of aryl methyl sites for hydroxylation is 1.